The lowest BCUT2D eigenvalue weighted by molar-refractivity contribution is 0.113. The molecule has 3 atom stereocenters. The minimum Gasteiger partial charge on any atom is -0.392 e. The number of nitrogens with one attached hydrogen (secondary N) is 1. The molecular formula is C16H24BrNO. The van der Waals surface area contributed by atoms with Crippen LogP contribution < -0.4 is 5.32 Å². The quantitative estimate of drug-likeness (QED) is 0.814. The van der Waals surface area contributed by atoms with Crippen molar-refractivity contribution in [3.05, 3.63) is 34.3 Å². The number of hydrogen-bond acceptors (Lipinski definition) is 2. The molecule has 1 saturated carbocycles. The van der Waals surface area contributed by atoms with E-state index in [2.05, 4.69) is 52.4 Å². The van der Waals surface area contributed by atoms with E-state index in [0.717, 1.165) is 30.2 Å². The van der Waals surface area contributed by atoms with Crippen molar-refractivity contribution in [1.82, 2.24) is 5.32 Å². The SMILES string of the molecule is CCC(NC1CCCCCC1O)c1ccc(Br)cc1. The Labute approximate surface area is 124 Å². The van der Waals surface area contributed by atoms with Crippen molar-refractivity contribution in [1.29, 1.82) is 0 Å². The number of aliphatic hydroxyl groups excluding tert-OH is 1. The summed E-state index contributed by atoms with van der Waals surface area (Å²) < 4.78 is 1.11. The van der Waals surface area contributed by atoms with E-state index in [1.807, 2.05) is 0 Å². The van der Waals surface area contributed by atoms with Gasteiger partial charge in [0.2, 0.25) is 0 Å². The summed E-state index contributed by atoms with van der Waals surface area (Å²) in [6, 6.07) is 9.08. The maximum absolute atomic E-state index is 10.2. The molecule has 0 aromatic heterocycles. The molecule has 0 radical (unpaired) electrons. The molecule has 106 valence electrons. The molecule has 3 unspecified atom stereocenters. The lowest BCUT2D eigenvalue weighted by atomic mass is 10.00. The van der Waals surface area contributed by atoms with Crippen molar-refractivity contribution >= 4 is 15.9 Å². The van der Waals surface area contributed by atoms with E-state index in [4.69, 9.17) is 0 Å². The fourth-order valence-electron chi connectivity index (χ4n) is 2.89. The van der Waals surface area contributed by atoms with E-state index >= 15 is 0 Å². The van der Waals surface area contributed by atoms with Crippen LogP contribution in [-0.4, -0.2) is 17.3 Å². The lowest BCUT2D eigenvalue weighted by Gasteiger charge is -2.28. The van der Waals surface area contributed by atoms with Gasteiger partial charge in [0.25, 0.3) is 0 Å². The van der Waals surface area contributed by atoms with Gasteiger partial charge in [-0.1, -0.05) is 54.2 Å². The summed E-state index contributed by atoms with van der Waals surface area (Å²) >= 11 is 3.47. The van der Waals surface area contributed by atoms with Crippen LogP contribution in [0, 0.1) is 0 Å². The Balaban J connectivity index is 2.03. The van der Waals surface area contributed by atoms with Crippen molar-refractivity contribution in [2.75, 3.05) is 0 Å². The summed E-state index contributed by atoms with van der Waals surface area (Å²) in [7, 11) is 0. The maximum atomic E-state index is 10.2. The molecule has 19 heavy (non-hydrogen) atoms. The largest absolute Gasteiger partial charge is 0.392 e. The molecule has 0 saturated heterocycles. The van der Waals surface area contributed by atoms with Gasteiger partial charge < -0.3 is 10.4 Å². The average Bonchev–Trinajstić information content (AvgIpc) is 2.62. The highest BCUT2D eigenvalue weighted by Gasteiger charge is 2.24. The Bertz CT molecular complexity index is 379. The molecule has 1 aromatic rings. The highest BCUT2D eigenvalue weighted by molar-refractivity contribution is 9.10. The van der Waals surface area contributed by atoms with Crippen molar-refractivity contribution < 1.29 is 5.11 Å². The van der Waals surface area contributed by atoms with Crippen LogP contribution in [0.4, 0.5) is 0 Å². The van der Waals surface area contributed by atoms with Crippen LogP contribution in [-0.2, 0) is 0 Å². The zero-order valence-corrected chi connectivity index (χ0v) is 13.2. The first-order chi connectivity index (χ1) is 9.20. The van der Waals surface area contributed by atoms with Gasteiger partial charge in [0.05, 0.1) is 6.10 Å². The molecule has 0 bridgehead atoms. The van der Waals surface area contributed by atoms with Gasteiger partial charge in [0.1, 0.15) is 0 Å². The molecular weight excluding hydrogens is 302 g/mol. The first-order valence-corrected chi connectivity index (χ1v) is 8.19. The predicted molar refractivity (Wildman–Crippen MR) is 83.2 cm³/mol. The maximum Gasteiger partial charge on any atom is 0.0693 e. The Hall–Kier alpha value is -0.380. The predicted octanol–water partition coefficient (Wildman–Crippen LogP) is 4.18. The number of hydrogen-bond donors (Lipinski definition) is 2. The van der Waals surface area contributed by atoms with Crippen molar-refractivity contribution in [3.8, 4) is 0 Å². The van der Waals surface area contributed by atoms with E-state index in [9.17, 15) is 5.11 Å². The fraction of sp³-hybridized carbons (Fsp3) is 0.625. The molecule has 3 heteroatoms. The van der Waals surface area contributed by atoms with Crippen LogP contribution >= 0.6 is 15.9 Å². The summed E-state index contributed by atoms with van der Waals surface area (Å²) in [5.74, 6) is 0. The molecule has 1 aliphatic rings. The normalized spacial score (nSPS) is 25.8. The van der Waals surface area contributed by atoms with Gasteiger partial charge in [-0.15, -0.1) is 0 Å². The van der Waals surface area contributed by atoms with E-state index in [1.165, 1.54) is 18.4 Å². The summed E-state index contributed by atoms with van der Waals surface area (Å²) in [5, 5.41) is 13.9. The minimum absolute atomic E-state index is 0.188. The molecule has 0 spiro atoms. The van der Waals surface area contributed by atoms with Gasteiger partial charge in [-0.05, 0) is 37.0 Å². The Morgan fingerprint density at radius 2 is 1.89 bits per heavy atom. The third-order valence-corrected chi connectivity index (χ3v) is 4.60. The van der Waals surface area contributed by atoms with Crippen LogP contribution in [0.5, 0.6) is 0 Å². The van der Waals surface area contributed by atoms with Gasteiger partial charge in [-0.3, -0.25) is 0 Å². The topological polar surface area (TPSA) is 32.3 Å². The molecule has 1 aliphatic carbocycles. The van der Waals surface area contributed by atoms with E-state index in [0.29, 0.717) is 6.04 Å². The monoisotopic (exact) mass is 325 g/mol. The van der Waals surface area contributed by atoms with Crippen LogP contribution in [0.15, 0.2) is 28.7 Å². The number of benzene rings is 1. The van der Waals surface area contributed by atoms with Gasteiger partial charge >= 0.3 is 0 Å². The molecule has 0 heterocycles. The zero-order valence-electron chi connectivity index (χ0n) is 11.6. The van der Waals surface area contributed by atoms with Crippen LogP contribution in [0.3, 0.4) is 0 Å². The minimum atomic E-state index is -0.188. The van der Waals surface area contributed by atoms with Crippen LogP contribution in [0.25, 0.3) is 0 Å². The first kappa shape index (κ1) is 15.0. The Morgan fingerprint density at radius 3 is 2.58 bits per heavy atom. The van der Waals surface area contributed by atoms with Crippen molar-refractivity contribution in [2.45, 2.75) is 63.6 Å². The van der Waals surface area contributed by atoms with Crippen molar-refractivity contribution in [3.63, 3.8) is 0 Å². The van der Waals surface area contributed by atoms with Crippen LogP contribution in [0.1, 0.15) is 57.1 Å². The second-order valence-corrected chi connectivity index (χ2v) is 6.41. The second-order valence-electron chi connectivity index (χ2n) is 5.49. The first-order valence-electron chi connectivity index (χ1n) is 7.40. The molecule has 1 fully saturated rings. The number of rotatable bonds is 4. The molecule has 1 aromatic carbocycles. The molecule has 0 amide bonds. The molecule has 2 nitrogen and oxygen atoms in total. The van der Waals surface area contributed by atoms with Crippen molar-refractivity contribution in [2.24, 2.45) is 0 Å². The third kappa shape index (κ3) is 4.30. The summed E-state index contributed by atoms with van der Waals surface area (Å²) in [5.41, 5.74) is 1.31. The second kappa shape index (κ2) is 7.41. The Kier molecular flexibility index (Phi) is 5.86. The zero-order chi connectivity index (χ0) is 13.7. The Morgan fingerprint density at radius 1 is 1.21 bits per heavy atom. The summed E-state index contributed by atoms with van der Waals surface area (Å²) in [6.45, 7) is 2.20. The summed E-state index contributed by atoms with van der Waals surface area (Å²) in [4.78, 5) is 0. The van der Waals surface area contributed by atoms with Crippen LogP contribution in [0.2, 0.25) is 0 Å². The van der Waals surface area contributed by atoms with Gasteiger partial charge in [0.15, 0.2) is 0 Å². The van der Waals surface area contributed by atoms with Gasteiger partial charge in [0, 0.05) is 16.6 Å². The highest BCUT2D eigenvalue weighted by Crippen LogP contribution is 2.24. The van der Waals surface area contributed by atoms with Gasteiger partial charge in [-0.2, -0.15) is 0 Å². The number of aliphatic hydroxyl groups is 1. The molecule has 0 aliphatic heterocycles. The van der Waals surface area contributed by atoms with Gasteiger partial charge in [-0.25, -0.2) is 0 Å². The average molecular weight is 326 g/mol. The van der Waals surface area contributed by atoms with E-state index in [-0.39, 0.29) is 12.1 Å². The fourth-order valence-corrected chi connectivity index (χ4v) is 3.15. The van der Waals surface area contributed by atoms with E-state index in [1.54, 1.807) is 0 Å². The molecule has 2 N–H and O–H groups in total. The third-order valence-electron chi connectivity index (χ3n) is 4.08. The lowest BCUT2D eigenvalue weighted by Crippen LogP contribution is -2.41. The smallest absolute Gasteiger partial charge is 0.0693 e. The standard InChI is InChI=1S/C16H24BrNO/c1-2-14(12-8-10-13(17)11-9-12)18-15-6-4-3-5-7-16(15)19/h8-11,14-16,18-19H,2-7H2,1H3. The highest BCUT2D eigenvalue weighted by atomic mass is 79.9. The van der Waals surface area contributed by atoms with E-state index < -0.39 is 0 Å². The molecule has 2 rings (SSSR count). The summed E-state index contributed by atoms with van der Waals surface area (Å²) in [6.07, 6.45) is 6.53. The number of halogens is 1.